The molecule has 0 spiro atoms. The van der Waals surface area contributed by atoms with Crippen molar-refractivity contribution in [1.82, 2.24) is 5.43 Å². The molecule has 0 aromatic heterocycles. The number of nitrogens with two attached hydrogens (primary N) is 1. The van der Waals surface area contributed by atoms with E-state index in [9.17, 15) is 0 Å². The van der Waals surface area contributed by atoms with Gasteiger partial charge in [-0.25, -0.2) is 0 Å². The van der Waals surface area contributed by atoms with Crippen LogP contribution in [0.5, 0.6) is 0 Å². The van der Waals surface area contributed by atoms with Crippen LogP contribution in [0.4, 0.5) is 0 Å². The fourth-order valence-corrected chi connectivity index (χ4v) is 1.94. The van der Waals surface area contributed by atoms with Crippen molar-refractivity contribution in [2.75, 3.05) is 7.11 Å². The van der Waals surface area contributed by atoms with Gasteiger partial charge in [0.15, 0.2) is 0 Å². The summed E-state index contributed by atoms with van der Waals surface area (Å²) in [5.74, 6) is 5.60. The second kappa shape index (κ2) is 5.99. The molecular weight excluding hydrogens is 200 g/mol. The van der Waals surface area contributed by atoms with Crippen molar-refractivity contribution in [2.45, 2.75) is 39.3 Å². The summed E-state index contributed by atoms with van der Waals surface area (Å²) in [4.78, 5) is 0. The maximum Gasteiger partial charge on any atom is 0.0561 e. The molecule has 0 fully saturated rings. The van der Waals surface area contributed by atoms with Gasteiger partial charge in [-0.15, -0.1) is 0 Å². The number of nitrogens with one attached hydrogen (secondary N) is 1. The van der Waals surface area contributed by atoms with E-state index in [1.807, 2.05) is 6.92 Å². The Labute approximate surface area is 98.0 Å². The van der Waals surface area contributed by atoms with Crippen molar-refractivity contribution in [3.8, 4) is 0 Å². The van der Waals surface area contributed by atoms with Gasteiger partial charge >= 0.3 is 0 Å². The lowest BCUT2D eigenvalue weighted by atomic mass is 9.98. The average Bonchev–Trinajstić information content (AvgIpc) is 2.24. The summed E-state index contributed by atoms with van der Waals surface area (Å²) in [6.45, 7) is 6.25. The van der Waals surface area contributed by atoms with Gasteiger partial charge in [0, 0.05) is 13.2 Å². The summed E-state index contributed by atoms with van der Waals surface area (Å²) in [6.07, 6.45) is 1.07. The van der Waals surface area contributed by atoms with Crippen LogP contribution in [0.1, 0.15) is 36.1 Å². The van der Waals surface area contributed by atoms with Gasteiger partial charge in [0.25, 0.3) is 0 Å². The topological polar surface area (TPSA) is 47.3 Å². The minimum absolute atomic E-state index is 0.147. The number of benzene rings is 1. The minimum atomic E-state index is 0.147. The third-order valence-corrected chi connectivity index (χ3v) is 2.82. The largest absolute Gasteiger partial charge is 0.382 e. The molecule has 1 aromatic rings. The fraction of sp³-hybridized carbons (Fsp3) is 0.538. The number of hydrazine groups is 1. The number of aryl methyl sites for hydroxylation is 2. The lowest BCUT2D eigenvalue weighted by molar-refractivity contribution is 0.100. The third-order valence-electron chi connectivity index (χ3n) is 2.82. The molecule has 0 saturated heterocycles. The summed E-state index contributed by atoms with van der Waals surface area (Å²) in [7, 11) is 1.72. The highest BCUT2D eigenvalue weighted by atomic mass is 16.5. The van der Waals surface area contributed by atoms with Gasteiger partial charge in [0.1, 0.15) is 0 Å². The zero-order valence-corrected chi connectivity index (χ0v) is 10.6. The highest BCUT2D eigenvalue weighted by molar-refractivity contribution is 5.30. The Morgan fingerprint density at radius 3 is 2.25 bits per heavy atom. The Morgan fingerprint density at radius 1 is 1.25 bits per heavy atom. The fourth-order valence-electron chi connectivity index (χ4n) is 1.94. The van der Waals surface area contributed by atoms with Crippen molar-refractivity contribution in [2.24, 2.45) is 5.84 Å². The Bertz CT molecular complexity index is 318. The van der Waals surface area contributed by atoms with E-state index in [0.29, 0.717) is 0 Å². The maximum absolute atomic E-state index is 5.60. The first-order valence-electron chi connectivity index (χ1n) is 5.64. The van der Waals surface area contributed by atoms with E-state index in [1.165, 1.54) is 16.7 Å². The Hall–Kier alpha value is -0.900. The predicted octanol–water partition coefficient (Wildman–Crippen LogP) is 2.23. The molecular formula is C13H22N2O. The SMILES string of the molecule is COC(C)CC(NN)c1cc(C)cc(C)c1. The van der Waals surface area contributed by atoms with Crippen LogP contribution in [0.3, 0.4) is 0 Å². The first kappa shape index (κ1) is 13.2. The highest BCUT2D eigenvalue weighted by Crippen LogP contribution is 2.21. The number of hydrogen-bond donors (Lipinski definition) is 2. The van der Waals surface area contributed by atoms with E-state index >= 15 is 0 Å². The van der Waals surface area contributed by atoms with Crippen LogP contribution in [0.15, 0.2) is 18.2 Å². The summed E-state index contributed by atoms with van der Waals surface area (Å²) in [5, 5.41) is 0. The Morgan fingerprint density at radius 2 is 1.81 bits per heavy atom. The molecule has 16 heavy (non-hydrogen) atoms. The zero-order valence-electron chi connectivity index (χ0n) is 10.6. The summed E-state index contributed by atoms with van der Waals surface area (Å²) in [6, 6.07) is 6.64. The van der Waals surface area contributed by atoms with Crippen molar-refractivity contribution in [3.63, 3.8) is 0 Å². The van der Waals surface area contributed by atoms with E-state index in [2.05, 4.69) is 37.5 Å². The molecule has 0 bridgehead atoms. The Balaban J connectivity index is 2.86. The standard InChI is InChI=1S/C13H22N2O/c1-9-5-10(2)7-12(6-9)13(15-14)8-11(3)16-4/h5-7,11,13,15H,8,14H2,1-4H3. The van der Waals surface area contributed by atoms with Crippen LogP contribution in [0.2, 0.25) is 0 Å². The van der Waals surface area contributed by atoms with Crippen molar-refractivity contribution >= 4 is 0 Å². The molecule has 0 heterocycles. The molecule has 0 saturated carbocycles. The van der Waals surface area contributed by atoms with Gasteiger partial charge in [-0.3, -0.25) is 11.3 Å². The van der Waals surface area contributed by atoms with Gasteiger partial charge in [-0.1, -0.05) is 29.3 Å². The molecule has 0 aliphatic heterocycles. The molecule has 0 radical (unpaired) electrons. The normalized spacial score (nSPS) is 14.8. The Kier molecular flexibility index (Phi) is 4.93. The monoisotopic (exact) mass is 222 g/mol. The molecule has 3 nitrogen and oxygen atoms in total. The zero-order chi connectivity index (χ0) is 12.1. The summed E-state index contributed by atoms with van der Waals surface area (Å²) >= 11 is 0. The predicted molar refractivity (Wildman–Crippen MR) is 67.1 cm³/mol. The summed E-state index contributed by atoms with van der Waals surface area (Å²) in [5.41, 5.74) is 6.61. The molecule has 0 aliphatic rings. The molecule has 1 aromatic carbocycles. The average molecular weight is 222 g/mol. The maximum atomic E-state index is 5.60. The van der Waals surface area contributed by atoms with Crippen molar-refractivity contribution in [3.05, 3.63) is 34.9 Å². The van der Waals surface area contributed by atoms with E-state index in [-0.39, 0.29) is 12.1 Å². The van der Waals surface area contributed by atoms with Crippen LogP contribution < -0.4 is 11.3 Å². The first-order valence-corrected chi connectivity index (χ1v) is 5.64. The van der Waals surface area contributed by atoms with Crippen molar-refractivity contribution in [1.29, 1.82) is 0 Å². The molecule has 3 N–H and O–H groups in total. The van der Waals surface area contributed by atoms with Gasteiger partial charge in [0.2, 0.25) is 0 Å². The van der Waals surface area contributed by atoms with Gasteiger partial charge < -0.3 is 4.74 Å². The van der Waals surface area contributed by atoms with Crippen LogP contribution in [0.25, 0.3) is 0 Å². The van der Waals surface area contributed by atoms with Crippen LogP contribution in [-0.2, 0) is 4.74 Å². The molecule has 3 heteroatoms. The number of hydrogen-bond acceptors (Lipinski definition) is 3. The third kappa shape index (κ3) is 3.59. The van der Waals surface area contributed by atoms with Crippen LogP contribution in [-0.4, -0.2) is 13.2 Å². The minimum Gasteiger partial charge on any atom is -0.382 e. The van der Waals surface area contributed by atoms with E-state index < -0.39 is 0 Å². The van der Waals surface area contributed by atoms with E-state index in [0.717, 1.165) is 6.42 Å². The molecule has 0 amide bonds. The first-order chi connectivity index (χ1) is 7.56. The lowest BCUT2D eigenvalue weighted by Gasteiger charge is -2.20. The number of methoxy groups -OCH3 is 1. The van der Waals surface area contributed by atoms with E-state index in [4.69, 9.17) is 10.6 Å². The number of ether oxygens (including phenoxy) is 1. The molecule has 2 unspecified atom stereocenters. The molecule has 90 valence electrons. The van der Waals surface area contributed by atoms with Crippen LogP contribution >= 0.6 is 0 Å². The smallest absolute Gasteiger partial charge is 0.0561 e. The van der Waals surface area contributed by atoms with Gasteiger partial charge in [-0.2, -0.15) is 0 Å². The summed E-state index contributed by atoms with van der Waals surface area (Å²) < 4.78 is 5.27. The highest BCUT2D eigenvalue weighted by Gasteiger charge is 2.14. The lowest BCUT2D eigenvalue weighted by Crippen LogP contribution is -2.30. The molecule has 2 atom stereocenters. The molecule has 0 aliphatic carbocycles. The number of rotatable bonds is 5. The van der Waals surface area contributed by atoms with Crippen molar-refractivity contribution < 1.29 is 4.74 Å². The quantitative estimate of drug-likeness (QED) is 0.593. The second-order valence-electron chi connectivity index (χ2n) is 4.42. The van der Waals surface area contributed by atoms with Crippen LogP contribution in [0, 0.1) is 13.8 Å². The second-order valence-corrected chi connectivity index (χ2v) is 4.42. The molecule has 1 rings (SSSR count). The van der Waals surface area contributed by atoms with Gasteiger partial charge in [0.05, 0.1) is 6.10 Å². The van der Waals surface area contributed by atoms with E-state index in [1.54, 1.807) is 7.11 Å². The van der Waals surface area contributed by atoms with Gasteiger partial charge in [-0.05, 0) is 32.8 Å².